The van der Waals surface area contributed by atoms with E-state index in [0.717, 1.165) is 25.7 Å². The van der Waals surface area contributed by atoms with Gasteiger partial charge in [-0.1, -0.05) is 6.92 Å². The number of nitrogens with zero attached hydrogens (tertiary/aromatic N) is 3. The molecule has 0 spiro atoms. The zero-order chi connectivity index (χ0) is 21.7. The van der Waals surface area contributed by atoms with Crippen molar-refractivity contribution in [3.05, 3.63) is 24.5 Å². The lowest BCUT2D eigenvalue weighted by molar-refractivity contribution is -0.157. The van der Waals surface area contributed by atoms with E-state index in [-0.39, 0.29) is 42.5 Å². The highest BCUT2D eigenvalue weighted by atomic mass is 32.2. The minimum atomic E-state index is -3.61. The molecule has 30 heavy (non-hydrogen) atoms. The Bertz CT molecular complexity index is 829. The number of sulfonamides is 1. The Morgan fingerprint density at radius 1 is 1.17 bits per heavy atom. The average Bonchev–Trinajstić information content (AvgIpc) is 2.78. The van der Waals surface area contributed by atoms with Crippen molar-refractivity contribution < 1.29 is 22.7 Å². The van der Waals surface area contributed by atoms with Crippen LogP contribution >= 0.6 is 0 Å². The molecule has 1 aliphatic heterocycles. The molecular weight excluding hydrogens is 406 g/mol. The first-order valence-electron chi connectivity index (χ1n) is 10.6. The Balaban J connectivity index is 1.45. The molecule has 8 nitrogen and oxygen atoms in total. The van der Waals surface area contributed by atoms with Crippen LogP contribution in [0, 0.1) is 11.8 Å². The van der Waals surface area contributed by atoms with Gasteiger partial charge in [-0.2, -0.15) is 4.31 Å². The number of pyridine rings is 1. The number of hydrogen-bond acceptors (Lipinski definition) is 6. The summed E-state index contributed by atoms with van der Waals surface area (Å²) < 4.78 is 31.9. The lowest BCUT2D eigenvalue weighted by atomic mass is 9.87. The summed E-state index contributed by atoms with van der Waals surface area (Å²) in [7, 11) is -1.83. The SMILES string of the molecule is CC1CCC(N(C)C(=O)COC(=O)C2CCN(S(=O)(=O)c3cccnc3)CC2)CC1. The summed E-state index contributed by atoms with van der Waals surface area (Å²) in [6, 6.07) is 3.31. The summed E-state index contributed by atoms with van der Waals surface area (Å²) in [6.45, 7) is 2.46. The van der Waals surface area contributed by atoms with Crippen LogP contribution in [0.15, 0.2) is 29.4 Å². The van der Waals surface area contributed by atoms with Gasteiger partial charge in [-0.15, -0.1) is 0 Å². The fraction of sp³-hybridized carbons (Fsp3) is 0.667. The molecule has 0 unspecified atom stereocenters. The second-order valence-electron chi connectivity index (χ2n) is 8.39. The third-order valence-corrected chi connectivity index (χ3v) is 8.21. The zero-order valence-corrected chi connectivity index (χ0v) is 18.5. The van der Waals surface area contributed by atoms with Gasteiger partial charge in [0, 0.05) is 38.6 Å². The van der Waals surface area contributed by atoms with E-state index in [1.54, 1.807) is 18.0 Å². The smallest absolute Gasteiger partial charge is 0.309 e. The summed E-state index contributed by atoms with van der Waals surface area (Å²) in [5.74, 6) is -0.290. The zero-order valence-electron chi connectivity index (χ0n) is 17.7. The lowest BCUT2D eigenvalue weighted by Gasteiger charge is -2.33. The molecule has 0 aromatic carbocycles. The van der Waals surface area contributed by atoms with E-state index in [9.17, 15) is 18.0 Å². The molecule has 1 aromatic rings. The van der Waals surface area contributed by atoms with Crippen molar-refractivity contribution in [3.8, 4) is 0 Å². The number of carbonyl (C=O) groups is 2. The summed E-state index contributed by atoms with van der Waals surface area (Å²) in [5, 5.41) is 0. The van der Waals surface area contributed by atoms with Gasteiger partial charge < -0.3 is 9.64 Å². The van der Waals surface area contributed by atoms with Gasteiger partial charge in [0.25, 0.3) is 5.91 Å². The molecule has 1 aliphatic carbocycles. The van der Waals surface area contributed by atoms with E-state index in [2.05, 4.69) is 11.9 Å². The highest BCUT2D eigenvalue weighted by molar-refractivity contribution is 7.89. The van der Waals surface area contributed by atoms with Crippen molar-refractivity contribution in [1.82, 2.24) is 14.2 Å². The molecule has 9 heteroatoms. The van der Waals surface area contributed by atoms with E-state index in [1.807, 2.05) is 0 Å². The molecule has 0 radical (unpaired) electrons. The summed E-state index contributed by atoms with van der Waals surface area (Å²) in [5.41, 5.74) is 0. The minimum absolute atomic E-state index is 0.150. The van der Waals surface area contributed by atoms with E-state index in [0.29, 0.717) is 18.8 Å². The molecule has 1 saturated carbocycles. The second kappa shape index (κ2) is 9.87. The van der Waals surface area contributed by atoms with Crippen LogP contribution in [-0.4, -0.2) is 67.3 Å². The number of esters is 1. The molecule has 2 aliphatic rings. The largest absolute Gasteiger partial charge is 0.455 e. The number of hydrogen-bond donors (Lipinski definition) is 0. The van der Waals surface area contributed by atoms with Crippen LogP contribution in [0.25, 0.3) is 0 Å². The fourth-order valence-electron chi connectivity index (χ4n) is 4.17. The molecule has 1 amide bonds. The molecule has 1 aromatic heterocycles. The first-order chi connectivity index (χ1) is 14.3. The van der Waals surface area contributed by atoms with E-state index in [4.69, 9.17) is 4.74 Å². The predicted octanol–water partition coefficient (Wildman–Crippen LogP) is 2.06. The maximum absolute atomic E-state index is 12.6. The topological polar surface area (TPSA) is 96.9 Å². The van der Waals surface area contributed by atoms with Crippen LogP contribution in [0.4, 0.5) is 0 Å². The lowest BCUT2D eigenvalue weighted by Crippen LogP contribution is -2.43. The molecule has 0 atom stereocenters. The standard InChI is InChI=1S/C21H31N3O5S/c1-16-5-7-18(8-6-16)23(2)20(25)15-29-21(26)17-9-12-24(13-10-17)30(27,28)19-4-3-11-22-14-19/h3-4,11,14,16-18H,5-10,12-13,15H2,1-2H3. The van der Waals surface area contributed by atoms with Crippen LogP contribution in [0.1, 0.15) is 45.4 Å². The number of amides is 1. The Labute approximate surface area is 178 Å². The van der Waals surface area contributed by atoms with E-state index in [1.165, 1.54) is 22.8 Å². The third kappa shape index (κ3) is 5.37. The minimum Gasteiger partial charge on any atom is -0.455 e. The Morgan fingerprint density at radius 3 is 2.43 bits per heavy atom. The number of rotatable bonds is 6. The predicted molar refractivity (Wildman–Crippen MR) is 111 cm³/mol. The van der Waals surface area contributed by atoms with Gasteiger partial charge in [-0.25, -0.2) is 8.42 Å². The molecule has 2 fully saturated rings. The van der Waals surface area contributed by atoms with Crippen molar-refractivity contribution in [2.75, 3.05) is 26.7 Å². The summed E-state index contributed by atoms with van der Waals surface area (Å²) >= 11 is 0. The normalized spacial score (nSPS) is 23.7. The molecule has 166 valence electrons. The Kier molecular flexibility index (Phi) is 7.46. The number of carbonyl (C=O) groups excluding carboxylic acids is 2. The van der Waals surface area contributed by atoms with Gasteiger partial charge in [0.1, 0.15) is 4.90 Å². The van der Waals surface area contributed by atoms with Gasteiger partial charge in [0.2, 0.25) is 10.0 Å². The fourth-order valence-corrected chi connectivity index (χ4v) is 5.60. The first-order valence-corrected chi connectivity index (χ1v) is 12.1. The molecule has 3 rings (SSSR count). The maximum atomic E-state index is 12.6. The third-order valence-electron chi connectivity index (χ3n) is 6.32. The van der Waals surface area contributed by atoms with Crippen molar-refractivity contribution in [2.24, 2.45) is 11.8 Å². The quantitative estimate of drug-likeness (QED) is 0.632. The average molecular weight is 438 g/mol. The molecule has 2 heterocycles. The monoisotopic (exact) mass is 437 g/mol. The van der Waals surface area contributed by atoms with Crippen LogP contribution in [0.5, 0.6) is 0 Å². The number of piperidine rings is 1. The van der Waals surface area contributed by atoms with Gasteiger partial charge in [0.05, 0.1) is 5.92 Å². The number of aromatic nitrogens is 1. The van der Waals surface area contributed by atoms with Crippen molar-refractivity contribution in [3.63, 3.8) is 0 Å². The van der Waals surface area contributed by atoms with Gasteiger partial charge >= 0.3 is 5.97 Å². The molecule has 0 N–H and O–H groups in total. The van der Waals surface area contributed by atoms with E-state index < -0.39 is 16.0 Å². The number of likely N-dealkylation sites (N-methyl/N-ethyl adjacent to an activating group) is 1. The summed E-state index contributed by atoms with van der Waals surface area (Å²) in [6.07, 6.45) is 7.80. The van der Waals surface area contributed by atoms with Gasteiger partial charge in [-0.3, -0.25) is 14.6 Å². The van der Waals surface area contributed by atoms with Gasteiger partial charge in [0.15, 0.2) is 6.61 Å². The van der Waals surface area contributed by atoms with Crippen LogP contribution < -0.4 is 0 Å². The van der Waals surface area contributed by atoms with E-state index >= 15 is 0 Å². The Morgan fingerprint density at radius 2 is 1.83 bits per heavy atom. The van der Waals surface area contributed by atoms with Crippen LogP contribution in [0.3, 0.4) is 0 Å². The van der Waals surface area contributed by atoms with Gasteiger partial charge in [-0.05, 0) is 56.6 Å². The van der Waals surface area contributed by atoms with Crippen molar-refractivity contribution >= 4 is 21.9 Å². The molecule has 0 bridgehead atoms. The molecule has 1 saturated heterocycles. The second-order valence-corrected chi connectivity index (χ2v) is 10.3. The van der Waals surface area contributed by atoms with Crippen molar-refractivity contribution in [1.29, 1.82) is 0 Å². The number of ether oxygens (including phenoxy) is 1. The van der Waals surface area contributed by atoms with Crippen molar-refractivity contribution in [2.45, 2.75) is 56.4 Å². The highest BCUT2D eigenvalue weighted by Gasteiger charge is 2.33. The van der Waals surface area contributed by atoms with Crippen LogP contribution in [0.2, 0.25) is 0 Å². The maximum Gasteiger partial charge on any atom is 0.309 e. The summed E-state index contributed by atoms with van der Waals surface area (Å²) in [4.78, 5) is 30.5. The van der Waals surface area contributed by atoms with Crippen LogP contribution in [-0.2, 0) is 24.3 Å². The Hall–Kier alpha value is -2.00. The molecular formula is C21H31N3O5S. The first kappa shape index (κ1) is 22.7. The highest BCUT2D eigenvalue weighted by Crippen LogP contribution is 2.27.